The number of nitrogens with zero attached hydrogens (tertiary/aromatic N) is 1. The molecule has 1 saturated heterocycles. The number of rotatable bonds is 2. The third-order valence-electron chi connectivity index (χ3n) is 6.84. The molecule has 0 spiro atoms. The summed E-state index contributed by atoms with van der Waals surface area (Å²) in [4.78, 5) is 18.6. The Kier molecular flexibility index (Phi) is 4.12. The highest BCUT2D eigenvalue weighted by Gasteiger charge is 2.46. The van der Waals surface area contributed by atoms with Crippen LogP contribution in [0.4, 0.5) is 0 Å². The predicted molar refractivity (Wildman–Crippen MR) is 111 cm³/mol. The fraction of sp³-hybridized carbons (Fsp3) is 0.500. The Balaban J connectivity index is 0.00000114. The molecule has 4 heterocycles. The van der Waals surface area contributed by atoms with E-state index in [1.165, 1.54) is 23.8 Å². The van der Waals surface area contributed by atoms with Gasteiger partial charge in [-0.25, -0.2) is 4.79 Å². The number of aromatic amines is 1. The molecule has 0 saturated carbocycles. The van der Waals surface area contributed by atoms with Gasteiger partial charge in [-0.05, 0) is 37.5 Å². The number of hydrogen-bond donors (Lipinski definition) is 1. The SMILES string of the molecule is COC(=O)C1=CO[C@@H](C)C2CN3CCc4c([nH]c5cc(OC)ccc45)C3CC12.[HH].[HH].[HH]. The van der Waals surface area contributed by atoms with Crippen LogP contribution in [0.15, 0.2) is 30.0 Å². The molecule has 1 fully saturated rings. The van der Waals surface area contributed by atoms with Gasteiger partial charge in [-0.15, -0.1) is 0 Å². The molecule has 6 nitrogen and oxygen atoms in total. The molecule has 6 heteroatoms. The summed E-state index contributed by atoms with van der Waals surface area (Å²) in [6.07, 6.45) is 3.67. The van der Waals surface area contributed by atoms with E-state index in [1.807, 2.05) is 6.07 Å². The van der Waals surface area contributed by atoms with Crippen molar-refractivity contribution < 1.29 is 23.3 Å². The molecule has 28 heavy (non-hydrogen) atoms. The fourth-order valence-electron chi connectivity index (χ4n) is 5.35. The minimum Gasteiger partial charge on any atom is -0.497 e. The van der Waals surface area contributed by atoms with Gasteiger partial charge < -0.3 is 19.2 Å². The van der Waals surface area contributed by atoms with E-state index < -0.39 is 0 Å². The summed E-state index contributed by atoms with van der Waals surface area (Å²) < 4.78 is 16.2. The van der Waals surface area contributed by atoms with Crippen molar-refractivity contribution >= 4 is 16.9 Å². The number of fused-ring (bicyclic) bond motifs is 6. The first-order chi connectivity index (χ1) is 13.6. The smallest absolute Gasteiger partial charge is 0.337 e. The first kappa shape index (κ1) is 17.6. The Bertz CT molecular complexity index is 977. The minimum atomic E-state index is -0.271. The molecule has 3 aliphatic heterocycles. The van der Waals surface area contributed by atoms with Crippen LogP contribution in [0.1, 0.15) is 34.9 Å². The number of carbonyl (C=O) groups excluding carboxylic acids is 1. The van der Waals surface area contributed by atoms with Crippen LogP contribution < -0.4 is 4.74 Å². The van der Waals surface area contributed by atoms with Gasteiger partial charge in [0.15, 0.2) is 0 Å². The second kappa shape index (κ2) is 6.55. The second-order valence-corrected chi connectivity index (χ2v) is 8.10. The van der Waals surface area contributed by atoms with E-state index in [9.17, 15) is 4.79 Å². The predicted octanol–water partition coefficient (Wildman–Crippen LogP) is 3.93. The van der Waals surface area contributed by atoms with Gasteiger partial charge in [0.05, 0.1) is 38.2 Å². The fourth-order valence-corrected chi connectivity index (χ4v) is 5.35. The number of hydrogen-bond acceptors (Lipinski definition) is 5. The minimum absolute atomic E-state index is 0. The molecule has 0 amide bonds. The van der Waals surface area contributed by atoms with Gasteiger partial charge in [-0.2, -0.15) is 0 Å². The zero-order valence-corrected chi connectivity index (χ0v) is 16.5. The lowest BCUT2D eigenvalue weighted by Crippen LogP contribution is -2.51. The van der Waals surface area contributed by atoms with E-state index in [2.05, 4.69) is 28.9 Å². The molecule has 2 aromatic rings. The number of H-pyrrole nitrogens is 1. The zero-order chi connectivity index (χ0) is 19.4. The first-order valence-electron chi connectivity index (χ1n) is 9.97. The average Bonchev–Trinajstić information content (AvgIpc) is 3.10. The highest BCUT2D eigenvalue weighted by molar-refractivity contribution is 5.89. The first-order valence-corrected chi connectivity index (χ1v) is 9.97. The highest BCUT2D eigenvalue weighted by Crippen LogP contribution is 2.47. The topological polar surface area (TPSA) is 63.8 Å². The van der Waals surface area contributed by atoms with Crippen LogP contribution in [0.5, 0.6) is 5.75 Å². The van der Waals surface area contributed by atoms with E-state index >= 15 is 0 Å². The molecule has 154 valence electrons. The molecule has 5 rings (SSSR count). The third-order valence-corrected chi connectivity index (χ3v) is 6.84. The van der Waals surface area contributed by atoms with Gasteiger partial charge in [-0.1, -0.05) is 0 Å². The number of carbonyl (C=O) groups is 1. The van der Waals surface area contributed by atoms with Crippen molar-refractivity contribution in [1.29, 1.82) is 0 Å². The van der Waals surface area contributed by atoms with Gasteiger partial charge in [0.2, 0.25) is 0 Å². The Morgan fingerprint density at radius 1 is 1.36 bits per heavy atom. The van der Waals surface area contributed by atoms with Crippen LogP contribution in [0.2, 0.25) is 0 Å². The molecular formula is C22H32N2O4. The van der Waals surface area contributed by atoms with Crippen molar-refractivity contribution in [3.8, 4) is 5.75 Å². The van der Waals surface area contributed by atoms with Crippen LogP contribution in [0.3, 0.4) is 0 Å². The maximum absolute atomic E-state index is 12.3. The molecule has 0 radical (unpaired) electrons. The largest absolute Gasteiger partial charge is 0.497 e. The number of esters is 1. The molecule has 1 N–H and O–H groups in total. The van der Waals surface area contributed by atoms with Crippen LogP contribution >= 0.6 is 0 Å². The molecule has 0 aliphatic carbocycles. The number of methoxy groups -OCH3 is 2. The lowest BCUT2D eigenvalue weighted by atomic mass is 9.72. The van der Waals surface area contributed by atoms with Crippen LogP contribution in [0.25, 0.3) is 10.9 Å². The van der Waals surface area contributed by atoms with Crippen molar-refractivity contribution in [3.63, 3.8) is 0 Å². The van der Waals surface area contributed by atoms with Gasteiger partial charge in [0, 0.05) is 51.9 Å². The normalized spacial score (nSPS) is 29.2. The van der Waals surface area contributed by atoms with E-state index in [-0.39, 0.29) is 28.3 Å². The summed E-state index contributed by atoms with van der Waals surface area (Å²) in [5.41, 5.74) is 4.49. The number of ether oxygens (including phenoxy) is 3. The Morgan fingerprint density at radius 2 is 2.21 bits per heavy atom. The number of nitrogens with one attached hydrogen (secondary N) is 1. The Morgan fingerprint density at radius 3 is 3.00 bits per heavy atom. The van der Waals surface area contributed by atoms with Gasteiger partial charge in [-0.3, -0.25) is 4.90 Å². The van der Waals surface area contributed by atoms with Crippen molar-refractivity contribution in [2.24, 2.45) is 11.8 Å². The van der Waals surface area contributed by atoms with Crippen molar-refractivity contribution in [2.75, 3.05) is 27.3 Å². The van der Waals surface area contributed by atoms with Crippen molar-refractivity contribution in [2.45, 2.75) is 31.9 Å². The molecule has 0 bridgehead atoms. The number of piperidine rings is 1. The quantitative estimate of drug-likeness (QED) is 0.790. The maximum Gasteiger partial charge on any atom is 0.337 e. The maximum atomic E-state index is 12.3. The van der Waals surface area contributed by atoms with Crippen LogP contribution in [0, 0.1) is 11.8 Å². The summed E-state index contributed by atoms with van der Waals surface area (Å²) in [7, 11) is 3.13. The van der Waals surface area contributed by atoms with Crippen molar-refractivity contribution in [3.05, 3.63) is 41.3 Å². The molecule has 3 aliphatic rings. The van der Waals surface area contributed by atoms with E-state index in [0.29, 0.717) is 11.5 Å². The third kappa shape index (κ3) is 2.54. The highest BCUT2D eigenvalue weighted by atomic mass is 16.5. The molecule has 4 atom stereocenters. The van der Waals surface area contributed by atoms with E-state index in [4.69, 9.17) is 14.2 Å². The zero-order valence-electron chi connectivity index (χ0n) is 16.5. The number of aromatic nitrogens is 1. The lowest BCUT2D eigenvalue weighted by molar-refractivity contribution is -0.139. The van der Waals surface area contributed by atoms with Crippen LogP contribution in [-0.4, -0.2) is 49.3 Å². The Hall–Kier alpha value is -2.47. The summed E-state index contributed by atoms with van der Waals surface area (Å²) in [5, 5.41) is 1.28. The van der Waals surface area contributed by atoms with E-state index in [1.54, 1.807) is 13.4 Å². The van der Waals surface area contributed by atoms with Gasteiger partial charge >= 0.3 is 5.97 Å². The van der Waals surface area contributed by atoms with Gasteiger partial charge in [0.1, 0.15) is 5.75 Å². The monoisotopic (exact) mass is 388 g/mol. The number of benzene rings is 1. The summed E-state index contributed by atoms with van der Waals surface area (Å²) >= 11 is 0. The van der Waals surface area contributed by atoms with E-state index in [0.717, 1.165) is 37.2 Å². The summed E-state index contributed by atoms with van der Waals surface area (Å²) in [6.45, 7) is 4.07. The molecule has 3 unspecified atom stereocenters. The summed E-state index contributed by atoms with van der Waals surface area (Å²) in [6, 6.07) is 6.53. The molecule has 1 aromatic carbocycles. The second-order valence-electron chi connectivity index (χ2n) is 8.10. The van der Waals surface area contributed by atoms with Gasteiger partial charge in [0.25, 0.3) is 0 Å². The molecule has 1 aromatic heterocycles. The summed E-state index contributed by atoms with van der Waals surface area (Å²) in [5.74, 6) is 1.05. The standard InChI is InChI=1S/C22H26N2O4.3H2/c1-12-17-10-24-7-6-15-14-5-4-13(26-2)8-19(14)23-21(15)20(24)9-16(17)18(11-28-12)22(25)27-3;;;/h4-5,8,11-12,16-17,20,23H,6-7,9-10H2,1-3H3;3*1H/t12-,16?,17?,20?;;;/m0.../s1. The molecular weight excluding hydrogens is 356 g/mol. The van der Waals surface area contributed by atoms with Crippen LogP contribution in [-0.2, 0) is 20.7 Å². The Labute approximate surface area is 168 Å². The average molecular weight is 389 g/mol. The van der Waals surface area contributed by atoms with Crippen molar-refractivity contribution in [1.82, 2.24) is 9.88 Å². The lowest BCUT2D eigenvalue weighted by Gasteiger charge is -2.49.